The van der Waals surface area contributed by atoms with Gasteiger partial charge in [-0.1, -0.05) is 5.11 Å². The van der Waals surface area contributed by atoms with Crippen LogP contribution in [0.25, 0.3) is 10.4 Å². The summed E-state index contributed by atoms with van der Waals surface area (Å²) >= 11 is 0. The van der Waals surface area contributed by atoms with Crippen molar-refractivity contribution in [3.05, 3.63) is 34.2 Å². The number of rotatable bonds is 5. The zero-order valence-corrected chi connectivity index (χ0v) is 9.01. The molecule has 6 nitrogen and oxygen atoms in total. The summed E-state index contributed by atoms with van der Waals surface area (Å²) in [6.07, 6.45) is 0. The van der Waals surface area contributed by atoms with Gasteiger partial charge in [-0.3, -0.25) is 4.79 Å². The molecule has 0 aliphatic heterocycles. The smallest absolute Gasteiger partial charge is 0.168 e. The summed E-state index contributed by atoms with van der Waals surface area (Å²) in [5.41, 5.74) is 8.53. The molecule has 0 radical (unpaired) electrons. The maximum Gasteiger partial charge on any atom is 0.168 e. The second-order valence-corrected chi connectivity index (χ2v) is 2.88. The average molecular weight is 221 g/mol. The Kier molecular flexibility index (Phi) is 4.17. The third-order valence-electron chi connectivity index (χ3n) is 1.98. The molecule has 0 atom stereocenters. The van der Waals surface area contributed by atoms with Crippen molar-refractivity contribution in [2.75, 3.05) is 20.8 Å². The Morgan fingerprint density at radius 1 is 1.38 bits per heavy atom. The molecule has 1 aromatic rings. The van der Waals surface area contributed by atoms with Gasteiger partial charge in [0.2, 0.25) is 0 Å². The van der Waals surface area contributed by atoms with E-state index in [0.717, 1.165) is 0 Å². The van der Waals surface area contributed by atoms with Crippen LogP contribution >= 0.6 is 0 Å². The number of nitrogens with zero attached hydrogens (tertiary/aromatic N) is 3. The van der Waals surface area contributed by atoms with Crippen LogP contribution in [-0.4, -0.2) is 26.5 Å². The first-order valence-electron chi connectivity index (χ1n) is 4.49. The third kappa shape index (κ3) is 2.65. The number of hydrogen-bond donors (Lipinski definition) is 0. The Balaban J connectivity index is 2.98. The summed E-state index contributed by atoms with van der Waals surface area (Å²) in [7, 11) is 3.00. The number of methoxy groups -OCH3 is 2. The standard InChI is InChI=1S/C10H11N3O3/c1-15-9-4-3-7(5-10(9)16-2)8(14)6-12-13-11/h3-5H,6H2,1-2H3. The molecule has 0 spiro atoms. The molecule has 0 aromatic heterocycles. The van der Waals surface area contributed by atoms with Crippen molar-refractivity contribution in [1.29, 1.82) is 0 Å². The second-order valence-electron chi connectivity index (χ2n) is 2.88. The number of Topliss-reactive ketones (excluding diaryl/α,β-unsaturated/α-hetero) is 1. The van der Waals surface area contributed by atoms with E-state index in [9.17, 15) is 4.79 Å². The lowest BCUT2D eigenvalue weighted by Crippen LogP contribution is -2.03. The van der Waals surface area contributed by atoms with E-state index < -0.39 is 0 Å². The Labute approximate surface area is 92.4 Å². The van der Waals surface area contributed by atoms with Gasteiger partial charge in [0, 0.05) is 10.5 Å². The number of ether oxygens (including phenoxy) is 2. The van der Waals surface area contributed by atoms with E-state index in [1.807, 2.05) is 0 Å². The van der Waals surface area contributed by atoms with Crippen molar-refractivity contribution in [3.63, 3.8) is 0 Å². The number of carbonyl (C=O) groups excluding carboxylic acids is 1. The Morgan fingerprint density at radius 2 is 2.06 bits per heavy atom. The molecule has 0 fully saturated rings. The molecular weight excluding hydrogens is 210 g/mol. The predicted octanol–water partition coefficient (Wildman–Crippen LogP) is 2.20. The summed E-state index contributed by atoms with van der Waals surface area (Å²) in [5.74, 6) is 0.746. The van der Waals surface area contributed by atoms with Crippen molar-refractivity contribution in [2.24, 2.45) is 5.11 Å². The van der Waals surface area contributed by atoms with Gasteiger partial charge < -0.3 is 9.47 Å². The molecular formula is C10H11N3O3. The lowest BCUT2D eigenvalue weighted by Gasteiger charge is -2.08. The number of hydrogen-bond acceptors (Lipinski definition) is 4. The molecule has 6 heteroatoms. The van der Waals surface area contributed by atoms with E-state index >= 15 is 0 Å². The minimum atomic E-state index is -0.265. The Hall–Kier alpha value is -2.20. The zero-order valence-electron chi connectivity index (χ0n) is 9.01. The molecule has 1 aromatic carbocycles. The largest absolute Gasteiger partial charge is 0.493 e. The normalized spacial score (nSPS) is 9.12. The van der Waals surface area contributed by atoms with Gasteiger partial charge in [0.25, 0.3) is 0 Å². The molecule has 0 aliphatic carbocycles. The van der Waals surface area contributed by atoms with Crippen molar-refractivity contribution >= 4 is 5.78 Å². The molecule has 16 heavy (non-hydrogen) atoms. The number of azide groups is 1. The fourth-order valence-corrected chi connectivity index (χ4v) is 1.20. The Morgan fingerprint density at radius 3 is 2.62 bits per heavy atom. The molecule has 0 unspecified atom stereocenters. The molecule has 0 N–H and O–H groups in total. The first-order valence-corrected chi connectivity index (χ1v) is 4.49. The van der Waals surface area contributed by atoms with E-state index in [4.69, 9.17) is 15.0 Å². The van der Waals surface area contributed by atoms with Crippen LogP contribution in [0.3, 0.4) is 0 Å². The summed E-state index contributed by atoms with van der Waals surface area (Å²) in [4.78, 5) is 14.0. The van der Waals surface area contributed by atoms with Crippen molar-refractivity contribution in [3.8, 4) is 11.5 Å². The van der Waals surface area contributed by atoms with Gasteiger partial charge in [-0.2, -0.15) is 0 Å². The monoisotopic (exact) mass is 221 g/mol. The van der Waals surface area contributed by atoms with Crippen LogP contribution in [0.5, 0.6) is 11.5 Å². The third-order valence-corrected chi connectivity index (χ3v) is 1.98. The number of ketones is 1. The summed E-state index contributed by atoms with van der Waals surface area (Å²) < 4.78 is 10.1. The Bertz CT molecular complexity index is 439. The van der Waals surface area contributed by atoms with E-state index in [0.29, 0.717) is 17.1 Å². The van der Waals surface area contributed by atoms with E-state index in [2.05, 4.69) is 10.0 Å². The molecule has 0 bridgehead atoms. The highest BCUT2D eigenvalue weighted by Crippen LogP contribution is 2.27. The summed E-state index contributed by atoms with van der Waals surface area (Å²) in [5, 5.41) is 3.21. The van der Waals surface area contributed by atoms with Gasteiger partial charge in [-0.05, 0) is 23.7 Å². The lowest BCUT2D eigenvalue weighted by atomic mass is 10.1. The van der Waals surface area contributed by atoms with E-state index in [-0.39, 0.29) is 12.3 Å². The molecule has 1 rings (SSSR count). The lowest BCUT2D eigenvalue weighted by molar-refractivity contribution is 0.100. The fourth-order valence-electron chi connectivity index (χ4n) is 1.20. The first-order chi connectivity index (χ1) is 7.72. The van der Waals surface area contributed by atoms with Crippen LogP contribution in [0.4, 0.5) is 0 Å². The minimum absolute atomic E-state index is 0.202. The number of carbonyl (C=O) groups is 1. The number of benzene rings is 1. The summed E-state index contributed by atoms with van der Waals surface area (Å²) in [6.45, 7) is -0.202. The van der Waals surface area contributed by atoms with Gasteiger partial charge in [0.1, 0.15) is 0 Å². The van der Waals surface area contributed by atoms with Gasteiger partial charge in [0.15, 0.2) is 17.3 Å². The van der Waals surface area contributed by atoms with Crippen LogP contribution in [0.15, 0.2) is 23.3 Å². The highest BCUT2D eigenvalue weighted by molar-refractivity contribution is 5.98. The maximum absolute atomic E-state index is 11.5. The van der Waals surface area contributed by atoms with E-state index in [1.54, 1.807) is 18.2 Å². The van der Waals surface area contributed by atoms with Gasteiger partial charge >= 0.3 is 0 Å². The minimum Gasteiger partial charge on any atom is -0.493 e. The van der Waals surface area contributed by atoms with Crippen LogP contribution in [0.1, 0.15) is 10.4 Å². The highest BCUT2D eigenvalue weighted by Gasteiger charge is 2.09. The zero-order chi connectivity index (χ0) is 12.0. The van der Waals surface area contributed by atoms with Crippen molar-refractivity contribution in [2.45, 2.75) is 0 Å². The highest BCUT2D eigenvalue weighted by atomic mass is 16.5. The van der Waals surface area contributed by atoms with Crippen LogP contribution in [0, 0.1) is 0 Å². The van der Waals surface area contributed by atoms with Gasteiger partial charge in [-0.25, -0.2) is 0 Å². The topological polar surface area (TPSA) is 84.3 Å². The van der Waals surface area contributed by atoms with Gasteiger partial charge in [0.05, 0.1) is 20.8 Å². The molecule has 0 amide bonds. The van der Waals surface area contributed by atoms with Crippen LogP contribution in [-0.2, 0) is 0 Å². The SMILES string of the molecule is COc1ccc(C(=O)CN=[N+]=[N-])cc1OC. The average Bonchev–Trinajstić information content (AvgIpc) is 2.34. The molecule has 0 heterocycles. The molecule has 0 aliphatic rings. The van der Waals surface area contributed by atoms with E-state index in [1.165, 1.54) is 14.2 Å². The fraction of sp³-hybridized carbons (Fsp3) is 0.300. The molecule has 0 saturated heterocycles. The van der Waals surface area contributed by atoms with Crippen molar-refractivity contribution < 1.29 is 14.3 Å². The van der Waals surface area contributed by atoms with Crippen LogP contribution < -0.4 is 9.47 Å². The molecule has 0 saturated carbocycles. The predicted molar refractivity (Wildman–Crippen MR) is 57.9 cm³/mol. The summed E-state index contributed by atoms with van der Waals surface area (Å²) in [6, 6.07) is 4.77. The molecule has 84 valence electrons. The maximum atomic E-state index is 11.5. The second kappa shape index (κ2) is 5.63. The van der Waals surface area contributed by atoms with Crippen molar-refractivity contribution in [1.82, 2.24) is 0 Å². The van der Waals surface area contributed by atoms with Gasteiger partial charge in [-0.15, -0.1) is 0 Å². The quantitative estimate of drug-likeness (QED) is 0.330. The van der Waals surface area contributed by atoms with Crippen LogP contribution in [0.2, 0.25) is 0 Å². The first kappa shape index (κ1) is 11.9.